The van der Waals surface area contributed by atoms with E-state index < -0.39 is 0 Å². The second-order valence-electron chi connectivity index (χ2n) is 5.57. The number of pyridine rings is 1. The molecule has 0 aliphatic heterocycles. The second-order valence-corrected chi connectivity index (χ2v) is 5.57. The summed E-state index contributed by atoms with van der Waals surface area (Å²) in [7, 11) is 0. The van der Waals surface area contributed by atoms with Crippen molar-refractivity contribution in [1.29, 1.82) is 0 Å². The summed E-state index contributed by atoms with van der Waals surface area (Å²) in [6.45, 7) is 4.18. The topological polar surface area (TPSA) is 34.1 Å². The Hall–Kier alpha value is -1.61. The molecule has 3 rings (SSSR count). The largest absolute Gasteiger partial charge is 0.485 e. The fourth-order valence-electron chi connectivity index (χ4n) is 2.86. The minimum absolute atomic E-state index is 0.0218. The van der Waals surface area contributed by atoms with E-state index >= 15 is 0 Å². The van der Waals surface area contributed by atoms with Gasteiger partial charge in [0, 0.05) is 11.6 Å². The summed E-state index contributed by atoms with van der Waals surface area (Å²) in [6.07, 6.45) is 6.49. The number of fused-ring (bicyclic) bond motifs is 1. The average Bonchev–Trinajstić information content (AvgIpc) is 2.45. The van der Waals surface area contributed by atoms with E-state index in [1.165, 1.54) is 6.42 Å². The molecule has 0 bridgehead atoms. The highest BCUT2D eigenvalue weighted by atomic mass is 16.5. The van der Waals surface area contributed by atoms with Crippen LogP contribution in [0.1, 0.15) is 32.6 Å². The van der Waals surface area contributed by atoms with Gasteiger partial charge in [-0.2, -0.15) is 0 Å². The molecular weight excluding hydrogens is 248 g/mol. The maximum atomic E-state index is 6.40. The van der Waals surface area contributed by atoms with Crippen LogP contribution in [0.4, 0.5) is 0 Å². The van der Waals surface area contributed by atoms with E-state index in [4.69, 9.17) is 4.74 Å². The van der Waals surface area contributed by atoms with Crippen molar-refractivity contribution in [3.8, 4) is 5.75 Å². The van der Waals surface area contributed by atoms with Crippen LogP contribution >= 0.6 is 0 Å². The minimum Gasteiger partial charge on any atom is -0.485 e. The molecule has 3 heteroatoms. The number of rotatable bonds is 6. The highest BCUT2D eigenvalue weighted by Crippen LogP contribution is 2.40. The zero-order valence-electron chi connectivity index (χ0n) is 12.1. The van der Waals surface area contributed by atoms with Crippen LogP contribution in [0.3, 0.4) is 0 Å². The van der Waals surface area contributed by atoms with Crippen LogP contribution in [0.2, 0.25) is 0 Å². The molecule has 3 nitrogen and oxygen atoms in total. The van der Waals surface area contributed by atoms with Gasteiger partial charge in [-0.25, -0.2) is 0 Å². The SMILES string of the molecule is CCNCCC1(Oc2cccc3cccnc23)CCC1. The first-order valence-corrected chi connectivity index (χ1v) is 7.56. The van der Waals surface area contributed by atoms with E-state index in [1.54, 1.807) is 0 Å². The molecule has 0 spiro atoms. The Bertz CT molecular complexity index is 573. The van der Waals surface area contributed by atoms with E-state index in [-0.39, 0.29) is 5.60 Å². The van der Waals surface area contributed by atoms with E-state index in [9.17, 15) is 0 Å². The van der Waals surface area contributed by atoms with Crippen LogP contribution in [0, 0.1) is 0 Å². The Balaban J connectivity index is 1.81. The highest BCUT2D eigenvalue weighted by molar-refractivity contribution is 5.84. The summed E-state index contributed by atoms with van der Waals surface area (Å²) in [4.78, 5) is 4.48. The monoisotopic (exact) mass is 270 g/mol. The van der Waals surface area contributed by atoms with Gasteiger partial charge < -0.3 is 10.1 Å². The van der Waals surface area contributed by atoms with Gasteiger partial charge in [0.2, 0.25) is 0 Å². The molecule has 1 aliphatic carbocycles. The first-order chi connectivity index (χ1) is 9.83. The predicted octanol–water partition coefficient (Wildman–Crippen LogP) is 3.54. The predicted molar refractivity (Wildman–Crippen MR) is 82.1 cm³/mol. The number of hydrogen-bond acceptors (Lipinski definition) is 3. The van der Waals surface area contributed by atoms with Crippen LogP contribution in [0.15, 0.2) is 36.5 Å². The number of nitrogens with zero attached hydrogens (tertiary/aromatic N) is 1. The van der Waals surface area contributed by atoms with Gasteiger partial charge in [-0.15, -0.1) is 0 Å². The molecule has 1 N–H and O–H groups in total. The third-order valence-corrected chi connectivity index (χ3v) is 4.19. The van der Waals surface area contributed by atoms with Gasteiger partial charge in [0.1, 0.15) is 16.9 Å². The lowest BCUT2D eigenvalue weighted by atomic mass is 9.77. The third kappa shape index (κ3) is 2.63. The van der Waals surface area contributed by atoms with Crippen LogP contribution in [0.25, 0.3) is 10.9 Å². The van der Waals surface area contributed by atoms with Crippen molar-refractivity contribution in [2.45, 2.75) is 38.2 Å². The molecule has 0 radical (unpaired) electrons. The zero-order chi connectivity index (χ0) is 13.8. The summed E-state index contributed by atoms with van der Waals surface area (Å²) in [5.41, 5.74) is 0.998. The number of aromatic nitrogens is 1. The van der Waals surface area contributed by atoms with Gasteiger partial charge in [-0.1, -0.05) is 25.1 Å². The first-order valence-electron chi connectivity index (χ1n) is 7.56. The van der Waals surface area contributed by atoms with E-state index in [2.05, 4.69) is 35.4 Å². The van der Waals surface area contributed by atoms with Crippen molar-refractivity contribution in [2.75, 3.05) is 13.1 Å². The molecule has 1 aliphatic rings. The molecule has 1 aromatic carbocycles. The number of nitrogens with one attached hydrogen (secondary N) is 1. The molecule has 0 unspecified atom stereocenters. The smallest absolute Gasteiger partial charge is 0.146 e. The summed E-state index contributed by atoms with van der Waals surface area (Å²) in [6, 6.07) is 10.2. The maximum absolute atomic E-state index is 6.40. The summed E-state index contributed by atoms with van der Waals surface area (Å²) >= 11 is 0. The van der Waals surface area contributed by atoms with Gasteiger partial charge in [0.15, 0.2) is 0 Å². The van der Waals surface area contributed by atoms with Crippen LogP contribution < -0.4 is 10.1 Å². The fraction of sp³-hybridized carbons (Fsp3) is 0.471. The molecule has 0 atom stereocenters. The average molecular weight is 270 g/mol. The second kappa shape index (κ2) is 5.80. The van der Waals surface area contributed by atoms with Crippen LogP contribution in [-0.4, -0.2) is 23.7 Å². The minimum atomic E-state index is 0.0218. The lowest BCUT2D eigenvalue weighted by Gasteiger charge is -2.42. The molecule has 1 saturated carbocycles. The standard InChI is InChI=1S/C17H22N2O/c1-2-18-13-11-17(9-5-10-17)20-15-8-3-6-14-7-4-12-19-16(14)15/h3-4,6-8,12,18H,2,5,9-11,13H2,1H3. The van der Waals surface area contributed by atoms with Crippen molar-refractivity contribution < 1.29 is 4.74 Å². The normalized spacial score (nSPS) is 16.9. The van der Waals surface area contributed by atoms with Gasteiger partial charge in [0.05, 0.1) is 0 Å². The Labute approximate surface area is 120 Å². The van der Waals surface area contributed by atoms with Gasteiger partial charge in [-0.05, 0) is 50.9 Å². The van der Waals surface area contributed by atoms with E-state index in [0.717, 1.165) is 49.0 Å². The molecule has 1 fully saturated rings. The highest BCUT2D eigenvalue weighted by Gasteiger charge is 2.39. The summed E-state index contributed by atoms with van der Waals surface area (Å²) < 4.78 is 6.40. The zero-order valence-corrected chi connectivity index (χ0v) is 12.1. The number of ether oxygens (including phenoxy) is 1. The molecule has 1 aromatic heterocycles. The number of benzene rings is 1. The van der Waals surface area contributed by atoms with Crippen molar-refractivity contribution in [1.82, 2.24) is 10.3 Å². The fourth-order valence-corrected chi connectivity index (χ4v) is 2.86. The molecule has 20 heavy (non-hydrogen) atoms. The van der Waals surface area contributed by atoms with Crippen molar-refractivity contribution in [3.63, 3.8) is 0 Å². The van der Waals surface area contributed by atoms with E-state index in [0.29, 0.717) is 0 Å². The lowest BCUT2D eigenvalue weighted by Crippen LogP contribution is -2.45. The maximum Gasteiger partial charge on any atom is 0.146 e. The van der Waals surface area contributed by atoms with Gasteiger partial charge >= 0.3 is 0 Å². The molecule has 1 heterocycles. The van der Waals surface area contributed by atoms with E-state index in [1.807, 2.05) is 18.3 Å². The molecule has 106 valence electrons. The van der Waals surface area contributed by atoms with Gasteiger partial charge in [-0.3, -0.25) is 4.98 Å². The Morgan fingerprint density at radius 1 is 1.25 bits per heavy atom. The van der Waals surface area contributed by atoms with Crippen molar-refractivity contribution in [3.05, 3.63) is 36.5 Å². The third-order valence-electron chi connectivity index (χ3n) is 4.19. The Kier molecular flexibility index (Phi) is 3.88. The van der Waals surface area contributed by atoms with Gasteiger partial charge in [0.25, 0.3) is 0 Å². The lowest BCUT2D eigenvalue weighted by molar-refractivity contribution is -0.0130. The van der Waals surface area contributed by atoms with Crippen molar-refractivity contribution >= 4 is 10.9 Å². The first kappa shape index (κ1) is 13.4. The summed E-state index contributed by atoms with van der Waals surface area (Å²) in [5.74, 6) is 0.930. The molecular formula is C17H22N2O. The Morgan fingerprint density at radius 2 is 2.10 bits per heavy atom. The van der Waals surface area contributed by atoms with Crippen molar-refractivity contribution in [2.24, 2.45) is 0 Å². The number of para-hydroxylation sites is 1. The Morgan fingerprint density at radius 3 is 2.85 bits per heavy atom. The molecule has 0 saturated heterocycles. The van der Waals surface area contributed by atoms with Crippen LogP contribution in [-0.2, 0) is 0 Å². The quantitative estimate of drug-likeness (QED) is 0.815. The summed E-state index contributed by atoms with van der Waals surface area (Å²) in [5, 5.41) is 4.54. The number of hydrogen-bond donors (Lipinski definition) is 1. The molecule has 2 aromatic rings. The molecule has 0 amide bonds. The van der Waals surface area contributed by atoms with Crippen LogP contribution in [0.5, 0.6) is 5.75 Å².